The van der Waals surface area contributed by atoms with E-state index < -0.39 is 12.0 Å². The van der Waals surface area contributed by atoms with Crippen LogP contribution in [0.15, 0.2) is 74.1 Å². The number of hydrogen-bond donors (Lipinski definition) is 0. The highest BCUT2D eigenvalue weighted by molar-refractivity contribution is 9.10. The molecular formula is C26H25BrN2O4S. The lowest BCUT2D eigenvalue weighted by Crippen LogP contribution is -2.39. The van der Waals surface area contributed by atoms with E-state index in [0.717, 1.165) is 15.6 Å². The molecule has 2 heterocycles. The minimum Gasteiger partial charge on any atom is -0.490 e. The summed E-state index contributed by atoms with van der Waals surface area (Å²) < 4.78 is 14.2. The van der Waals surface area contributed by atoms with Crippen LogP contribution in [0.25, 0.3) is 6.08 Å². The summed E-state index contributed by atoms with van der Waals surface area (Å²) in [6.07, 6.45) is 1.81. The molecule has 8 heteroatoms. The third-order valence-corrected chi connectivity index (χ3v) is 6.73. The zero-order valence-electron chi connectivity index (χ0n) is 19.4. The number of ether oxygens (including phenoxy) is 2. The van der Waals surface area contributed by atoms with Crippen LogP contribution < -0.4 is 19.6 Å². The first kappa shape index (κ1) is 24.2. The second kappa shape index (κ2) is 10.1. The molecule has 0 saturated heterocycles. The Labute approximate surface area is 210 Å². The van der Waals surface area contributed by atoms with Crippen LogP contribution in [0.4, 0.5) is 0 Å². The van der Waals surface area contributed by atoms with Crippen molar-refractivity contribution < 1.29 is 14.3 Å². The van der Waals surface area contributed by atoms with Gasteiger partial charge in [-0.2, -0.15) is 0 Å². The van der Waals surface area contributed by atoms with Gasteiger partial charge in [-0.05, 0) is 57.5 Å². The van der Waals surface area contributed by atoms with Crippen LogP contribution in [0, 0.1) is 0 Å². The molecule has 0 unspecified atom stereocenters. The van der Waals surface area contributed by atoms with E-state index in [1.54, 1.807) is 18.4 Å². The van der Waals surface area contributed by atoms with Crippen molar-refractivity contribution in [3.63, 3.8) is 0 Å². The van der Waals surface area contributed by atoms with Crippen molar-refractivity contribution in [2.45, 2.75) is 39.8 Å². The number of hydrogen-bond acceptors (Lipinski definition) is 6. The largest absolute Gasteiger partial charge is 0.490 e. The van der Waals surface area contributed by atoms with Crippen LogP contribution in [0.3, 0.4) is 0 Å². The lowest BCUT2D eigenvalue weighted by molar-refractivity contribution is -0.139. The summed E-state index contributed by atoms with van der Waals surface area (Å²) in [5, 5.41) is 0. The van der Waals surface area contributed by atoms with Gasteiger partial charge in [-0.3, -0.25) is 9.36 Å². The van der Waals surface area contributed by atoms with E-state index in [4.69, 9.17) is 9.47 Å². The van der Waals surface area contributed by atoms with E-state index in [9.17, 15) is 9.59 Å². The third-order valence-electron chi connectivity index (χ3n) is 5.25. The van der Waals surface area contributed by atoms with Gasteiger partial charge in [0.25, 0.3) is 5.56 Å². The molecule has 2 aromatic carbocycles. The number of allylic oxidation sites excluding steroid dienone is 1. The van der Waals surface area contributed by atoms with Gasteiger partial charge in [0.05, 0.1) is 34.6 Å². The lowest BCUT2D eigenvalue weighted by atomic mass is 9.96. The second-order valence-electron chi connectivity index (χ2n) is 8.06. The van der Waals surface area contributed by atoms with Crippen molar-refractivity contribution in [1.29, 1.82) is 0 Å². The molecule has 0 spiro atoms. The van der Waals surface area contributed by atoms with Gasteiger partial charge in [-0.1, -0.05) is 57.6 Å². The Kier molecular flexibility index (Phi) is 7.19. The Bertz CT molecular complexity index is 1440. The second-order valence-corrected chi connectivity index (χ2v) is 9.99. The zero-order valence-corrected chi connectivity index (χ0v) is 21.8. The van der Waals surface area contributed by atoms with E-state index in [2.05, 4.69) is 20.9 Å². The molecule has 0 amide bonds. The van der Waals surface area contributed by atoms with Crippen LogP contribution in [-0.4, -0.2) is 23.2 Å². The van der Waals surface area contributed by atoms with Crippen molar-refractivity contribution in [3.05, 3.63) is 95.1 Å². The first-order valence-corrected chi connectivity index (χ1v) is 12.6. The lowest BCUT2D eigenvalue weighted by Gasteiger charge is -2.24. The van der Waals surface area contributed by atoms with E-state index in [1.165, 1.54) is 11.3 Å². The summed E-state index contributed by atoms with van der Waals surface area (Å²) in [4.78, 5) is 31.8. The zero-order chi connectivity index (χ0) is 24.4. The topological polar surface area (TPSA) is 69.9 Å². The van der Waals surface area contributed by atoms with Gasteiger partial charge in [0.2, 0.25) is 0 Å². The monoisotopic (exact) mass is 540 g/mol. The SMILES string of the molecule is CCOC(=O)C1=C(C)N=c2s/c(=C/c3cc(Br)ccc3OC(C)C)c(=O)n2[C@@H]1c1ccccc1. The minimum atomic E-state index is -0.618. The smallest absolute Gasteiger partial charge is 0.338 e. The predicted molar refractivity (Wildman–Crippen MR) is 137 cm³/mol. The number of thiazole rings is 1. The van der Waals surface area contributed by atoms with Crippen molar-refractivity contribution in [1.82, 2.24) is 4.57 Å². The van der Waals surface area contributed by atoms with Gasteiger partial charge in [-0.15, -0.1) is 0 Å². The number of carbonyl (C=O) groups is 1. The predicted octanol–water partition coefficient (Wildman–Crippen LogP) is 4.35. The maximum absolute atomic E-state index is 13.7. The Morgan fingerprint density at radius 2 is 1.97 bits per heavy atom. The minimum absolute atomic E-state index is 0.0117. The molecular weight excluding hydrogens is 516 g/mol. The van der Waals surface area contributed by atoms with Gasteiger partial charge < -0.3 is 9.47 Å². The Morgan fingerprint density at radius 3 is 2.65 bits per heavy atom. The molecule has 6 nitrogen and oxygen atoms in total. The molecule has 0 saturated carbocycles. The van der Waals surface area contributed by atoms with Crippen molar-refractivity contribution in [3.8, 4) is 5.75 Å². The fourth-order valence-corrected chi connectivity index (χ4v) is 5.29. The van der Waals surface area contributed by atoms with E-state index in [-0.39, 0.29) is 18.3 Å². The Morgan fingerprint density at radius 1 is 1.24 bits per heavy atom. The van der Waals surface area contributed by atoms with Crippen molar-refractivity contribution >= 4 is 39.3 Å². The first-order valence-electron chi connectivity index (χ1n) is 11.0. The fraction of sp³-hybridized carbons (Fsp3) is 0.269. The normalized spacial score (nSPS) is 15.8. The molecule has 176 valence electrons. The number of nitrogens with zero attached hydrogens (tertiary/aromatic N) is 2. The van der Waals surface area contributed by atoms with Crippen LogP contribution in [0.2, 0.25) is 0 Å². The number of benzene rings is 2. The summed E-state index contributed by atoms with van der Waals surface area (Å²) in [6, 6.07) is 14.6. The highest BCUT2D eigenvalue weighted by Crippen LogP contribution is 2.30. The number of esters is 1. The van der Waals surface area contributed by atoms with E-state index in [0.29, 0.717) is 26.4 Å². The number of carbonyl (C=O) groups excluding carboxylic acids is 1. The summed E-state index contributed by atoms with van der Waals surface area (Å²) in [6.45, 7) is 7.69. The number of aromatic nitrogens is 1. The number of rotatable bonds is 6. The highest BCUT2D eigenvalue weighted by Gasteiger charge is 2.33. The molecule has 1 aromatic heterocycles. The van der Waals surface area contributed by atoms with Crippen LogP contribution in [0.5, 0.6) is 5.75 Å². The average molecular weight is 541 g/mol. The molecule has 0 fully saturated rings. The summed E-state index contributed by atoms with van der Waals surface area (Å²) in [7, 11) is 0. The molecule has 34 heavy (non-hydrogen) atoms. The molecule has 1 aliphatic heterocycles. The molecule has 0 radical (unpaired) electrons. The molecule has 4 rings (SSSR count). The average Bonchev–Trinajstić information content (AvgIpc) is 3.09. The summed E-state index contributed by atoms with van der Waals surface area (Å²) >= 11 is 4.80. The van der Waals surface area contributed by atoms with E-state index >= 15 is 0 Å². The van der Waals surface area contributed by atoms with Crippen molar-refractivity contribution in [2.75, 3.05) is 6.61 Å². The summed E-state index contributed by atoms with van der Waals surface area (Å²) in [5.74, 6) is 0.221. The molecule has 1 aliphatic rings. The number of halogens is 1. The quantitative estimate of drug-likeness (QED) is 0.436. The van der Waals surface area contributed by atoms with Gasteiger partial charge in [-0.25, -0.2) is 9.79 Å². The third kappa shape index (κ3) is 4.79. The first-order chi connectivity index (χ1) is 16.3. The maximum atomic E-state index is 13.7. The Balaban J connectivity index is 1.94. The molecule has 0 N–H and O–H groups in total. The Hall–Kier alpha value is -2.97. The van der Waals surface area contributed by atoms with Crippen LogP contribution in [0.1, 0.15) is 44.9 Å². The molecule has 0 bridgehead atoms. The standard InChI is InChI=1S/C26H25BrN2O4S/c1-5-32-25(31)22-16(4)28-26-29(23(22)17-9-7-6-8-10-17)24(30)21(34-26)14-18-13-19(27)11-12-20(18)33-15(2)3/h6-15,23H,5H2,1-4H3/b21-14+/t23-/m1/s1. The van der Waals surface area contributed by atoms with Crippen LogP contribution in [-0.2, 0) is 9.53 Å². The molecule has 0 aliphatic carbocycles. The fourth-order valence-electron chi connectivity index (χ4n) is 3.88. The molecule has 3 aromatic rings. The molecule has 1 atom stereocenters. The van der Waals surface area contributed by atoms with Gasteiger partial charge in [0.15, 0.2) is 4.80 Å². The maximum Gasteiger partial charge on any atom is 0.338 e. The van der Waals surface area contributed by atoms with Crippen molar-refractivity contribution in [2.24, 2.45) is 4.99 Å². The number of fused-ring (bicyclic) bond motifs is 1. The van der Waals surface area contributed by atoms with Gasteiger partial charge >= 0.3 is 5.97 Å². The highest BCUT2D eigenvalue weighted by atomic mass is 79.9. The van der Waals surface area contributed by atoms with E-state index in [1.807, 2.05) is 68.5 Å². The summed E-state index contributed by atoms with van der Waals surface area (Å²) in [5.41, 5.74) is 2.30. The van der Waals surface area contributed by atoms with Crippen LogP contribution >= 0.6 is 27.3 Å². The van der Waals surface area contributed by atoms with Gasteiger partial charge in [0, 0.05) is 10.0 Å². The van der Waals surface area contributed by atoms with Gasteiger partial charge in [0.1, 0.15) is 5.75 Å².